The molecule has 0 saturated heterocycles. The lowest BCUT2D eigenvalue weighted by molar-refractivity contribution is -0.121. The molecular formula is C18H25Cl2N3O3. The quantitative estimate of drug-likeness (QED) is 0.630. The largest absolute Gasteiger partial charge is 0.497 e. The molecule has 2 N–H and O–H groups in total. The van der Waals surface area contributed by atoms with Gasteiger partial charge in [0.15, 0.2) is 0 Å². The lowest BCUT2D eigenvalue weighted by Gasteiger charge is -2.08. The maximum atomic E-state index is 11.7. The van der Waals surface area contributed by atoms with Crippen LogP contribution in [-0.2, 0) is 11.3 Å². The highest BCUT2D eigenvalue weighted by Gasteiger charge is 2.03. The molecule has 0 aliphatic rings. The number of rotatable bonds is 9. The van der Waals surface area contributed by atoms with Crippen LogP contribution in [0.3, 0.4) is 0 Å². The van der Waals surface area contributed by atoms with E-state index in [0.717, 1.165) is 24.3 Å². The molecule has 2 aromatic rings. The van der Waals surface area contributed by atoms with Gasteiger partial charge in [-0.2, -0.15) is 0 Å². The number of nitrogens with one attached hydrogen (secondary N) is 2. The van der Waals surface area contributed by atoms with Gasteiger partial charge < -0.3 is 20.1 Å². The van der Waals surface area contributed by atoms with Crippen molar-refractivity contribution in [2.24, 2.45) is 0 Å². The van der Waals surface area contributed by atoms with E-state index in [1.54, 1.807) is 25.4 Å². The first-order chi connectivity index (χ1) is 11.7. The number of aromatic nitrogens is 1. The van der Waals surface area contributed by atoms with Crippen LogP contribution >= 0.6 is 24.8 Å². The SMILES string of the molecule is CNCCCC(=O)NCc1ccc(Oc2cccc(OC)c2)nc1.Cl.Cl. The summed E-state index contributed by atoms with van der Waals surface area (Å²) in [5, 5.41) is 5.90. The van der Waals surface area contributed by atoms with Gasteiger partial charge in [-0.1, -0.05) is 12.1 Å². The van der Waals surface area contributed by atoms with Crippen molar-refractivity contribution in [2.75, 3.05) is 20.7 Å². The highest BCUT2D eigenvalue weighted by molar-refractivity contribution is 5.85. The Labute approximate surface area is 166 Å². The van der Waals surface area contributed by atoms with Gasteiger partial charge >= 0.3 is 0 Å². The topological polar surface area (TPSA) is 72.5 Å². The molecule has 2 rings (SSSR count). The number of amides is 1. The zero-order chi connectivity index (χ0) is 17.2. The first kappa shape index (κ1) is 24.0. The Morgan fingerprint density at radius 2 is 1.92 bits per heavy atom. The van der Waals surface area contributed by atoms with Gasteiger partial charge in [-0.05, 0) is 37.7 Å². The minimum Gasteiger partial charge on any atom is -0.497 e. The molecule has 1 amide bonds. The first-order valence-electron chi connectivity index (χ1n) is 7.89. The van der Waals surface area contributed by atoms with Crippen LogP contribution in [0.5, 0.6) is 17.4 Å². The molecule has 0 aliphatic carbocycles. The first-order valence-corrected chi connectivity index (χ1v) is 7.89. The van der Waals surface area contributed by atoms with Crippen LogP contribution in [0.25, 0.3) is 0 Å². The predicted molar refractivity (Wildman–Crippen MR) is 107 cm³/mol. The second kappa shape index (κ2) is 13.2. The number of halogens is 2. The van der Waals surface area contributed by atoms with Crippen molar-refractivity contribution in [3.05, 3.63) is 48.2 Å². The van der Waals surface area contributed by atoms with E-state index >= 15 is 0 Å². The van der Waals surface area contributed by atoms with E-state index in [1.807, 2.05) is 31.3 Å². The Balaban J connectivity index is 0.00000312. The predicted octanol–water partition coefficient (Wildman–Crippen LogP) is 3.34. The lowest BCUT2D eigenvalue weighted by Crippen LogP contribution is -2.23. The number of hydrogen-bond acceptors (Lipinski definition) is 5. The van der Waals surface area contributed by atoms with Crippen LogP contribution in [0.1, 0.15) is 18.4 Å². The van der Waals surface area contributed by atoms with Gasteiger partial charge in [0.25, 0.3) is 0 Å². The molecule has 1 heterocycles. The van der Waals surface area contributed by atoms with Crippen molar-refractivity contribution in [1.29, 1.82) is 0 Å². The molecular weight excluding hydrogens is 377 g/mol. The van der Waals surface area contributed by atoms with Crippen molar-refractivity contribution in [3.63, 3.8) is 0 Å². The number of pyridine rings is 1. The molecule has 0 radical (unpaired) electrons. The third kappa shape index (κ3) is 8.38. The fraction of sp³-hybridized carbons (Fsp3) is 0.333. The van der Waals surface area contributed by atoms with E-state index < -0.39 is 0 Å². The average Bonchev–Trinajstić information content (AvgIpc) is 2.61. The zero-order valence-corrected chi connectivity index (χ0v) is 16.5. The average molecular weight is 402 g/mol. The highest BCUT2D eigenvalue weighted by Crippen LogP contribution is 2.23. The third-order valence-corrected chi connectivity index (χ3v) is 3.38. The molecule has 0 saturated carbocycles. The van der Waals surface area contributed by atoms with Crippen LogP contribution in [-0.4, -0.2) is 31.6 Å². The number of carbonyl (C=O) groups is 1. The summed E-state index contributed by atoms with van der Waals surface area (Å²) in [5.74, 6) is 1.92. The number of hydrogen-bond donors (Lipinski definition) is 2. The minimum atomic E-state index is 0. The Hall–Kier alpha value is -2.02. The Kier molecular flexibility index (Phi) is 12.2. The standard InChI is InChI=1S/C18H23N3O3.2ClH/c1-19-10-4-7-17(22)20-12-14-8-9-18(21-13-14)24-16-6-3-5-15(11-16)23-2;;/h3,5-6,8-9,11,13,19H,4,7,10,12H2,1-2H3,(H,20,22);2*1H. The van der Waals surface area contributed by atoms with E-state index in [-0.39, 0.29) is 30.7 Å². The van der Waals surface area contributed by atoms with Crippen LogP contribution in [0, 0.1) is 0 Å². The van der Waals surface area contributed by atoms with Gasteiger partial charge in [-0.3, -0.25) is 4.79 Å². The number of benzene rings is 1. The Morgan fingerprint density at radius 3 is 2.58 bits per heavy atom. The summed E-state index contributed by atoms with van der Waals surface area (Å²) in [7, 11) is 3.48. The molecule has 0 aliphatic heterocycles. The van der Waals surface area contributed by atoms with E-state index in [1.165, 1.54) is 0 Å². The normalized spacial score (nSPS) is 9.46. The molecule has 8 heteroatoms. The maximum Gasteiger partial charge on any atom is 0.220 e. The summed E-state index contributed by atoms with van der Waals surface area (Å²) in [4.78, 5) is 15.9. The molecule has 6 nitrogen and oxygen atoms in total. The van der Waals surface area contributed by atoms with Gasteiger partial charge in [-0.25, -0.2) is 4.98 Å². The Morgan fingerprint density at radius 1 is 1.15 bits per heavy atom. The van der Waals surface area contributed by atoms with Gasteiger partial charge in [0, 0.05) is 31.3 Å². The molecule has 0 spiro atoms. The van der Waals surface area contributed by atoms with Gasteiger partial charge in [0.05, 0.1) is 7.11 Å². The molecule has 1 aromatic carbocycles. The van der Waals surface area contributed by atoms with Crippen LogP contribution in [0.15, 0.2) is 42.6 Å². The van der Waals surface area contributed by atoms with Gasteiger partial charge in [0.1, 0.15) is 11.5 Å². The summed E-state index contributed by atoms with van der Waals surface area (Å²) < 4.78 is 10.8. The summed E-state index contributed by atoms with van der Waals surface area (Å²) >= 11 is 0. The van der Waals surface area contributed by atoms with E-state index in [4.69, 9.17) is 9.47 Å². The summed E-state index contributed by atoms with van der Waals surface area (Å²) in [6.07, 6.45) is 3.04. The summed E-state index contributed by atoms with van der Waals surface area (Å²) in [5.41, 5.74) is 0.926. The minimum absolute atomic E-state index is 0. The second-order valence-electron chi connectivity index (χ2n) is 5.27. The highest BCUT2D eigenvalue weighted by atomic mass is 35.5. The van der Waals surface area contributed by atoms with Crippen molar-refractivity contribution in [3.8, 4) is 17.4 Å². The fourth-order valence-corrected chi connectivity index (χ4v) is 2.08. The number of methoxy groups -OCH3 is 1. The van der Waals surface area contributed by atoms with Crippen molar-refractivity contribution in [2.45, 2.75) is 19.4 Å². The van der Waals surface area contributed by atoms with Crippen molar-refractivity contribution in [1.82, 2.24) is 15.6 Å². The monoisotopic (exact) mass is 401 g/mol. The number of ether oxygens (including phenoxy) is 2. The van der Waals surface area contributed by atoms with Gasteiger partial charge in [0.2, 0.25) is 11.8 Å². The van der Waals surface area contributed by atoms with Crippen LogP contribution < -0.4 is 20.1 Å². The molecule has 0 bridgehead atoms. The maximum absolute atomic E-state index is 11.7. The van der Waals surface area contributed by atoms with Crippen LogP contribution in [0.2, 0.25) is 0 Å². The lowest BCUT2D eigenvalue weighted by atomic mass is 10.2. The number of carbonyl (C=O) groups excluding carboxylic acids is 1. The molecule has 26 heavy (non-hydrogen) atoms. The van der Waals surface area contributed by atoms with Crippen molar-refractivity contribution >= 4 is 30.7 Å². The molecule has 1 aromatic heterocycles. The zero-order valence-electron chi connectivity index (χ0n) is 14.9. The second-order valence-corrected chi connectivity index (χ2v) is 5.27. The van der Waals surface area contributed by atoms with E-state index in [9.17, 15) is 4.79 Å². The van der Waals surface area contributed by atoms with E-state index in [0.29, 0.717) is 24.6 Å². The van der Waals surface area contributed by atoms with Crippen LogP contribution in [0.4, 0.5) is 0 Å². The summed E-state index contributed by atoms with van der Waals surface area (Å²) in [6, 6.07) is 11.0. The Bertz CT molecular complexity index is 654. The molecule has 144 valence electrons. The fourth-order valence-electron chi connectivity index (χ4n) is 2.08. The smallest absolute Gasteiger partial charge is 0.220 e. The third-order valence-electron chi connectivity index (χ3n) is 3.38. The molecule has 0 unspecified atom stereocenters. The van der Waals surface area contributed by atoms with Crippen molar-refractivity contribution < 1.29 is 14.3 Å². The summed E-state index contributed by atoms with van der Waals surface area (Å²) in [6.45, 7) is 1.30. The van der Waals surface area contributed by atoms with Gasteiger partial charge in [-0.15, -0.1) is 24.8 Å². The molecule has 0 atom stereocenters. The van der Waals surface area contributed by atoms with E-state index in [2.05, 4.69) is 15.6 Å². The number of nitrogens with zero attached hydrogens (tertiary/aromatic N) is 1. The molecule has 0 fully saturated rings.